The minimum absolute atomic E-state index is 0.269. The molecule has 0 aliphatic heterocycles. The first-order valence-electron chi connectivity index (χ1n) is 7.79. The van der Waals surface area contributed by atoms with Gasteiger partial charge in [-0.3, -0.25) is 4.79 Å². The molecule has 2 aromatic heterocycles. The van der Waals surface area contributed by atoms with Crippen LogP contribution in [0.3, 0.4) is 0 Å². The average molecular weight is 418 g/mol. The molecule has 2 aromatic carbocycles. The van der Waals surface area contributed by atoms with Gasteiger partial charge in [0.15, 0.2) is 5.82 Å². The highest BCUT2D eigenvalue weighted by molar-refractivity contribution is 7.15. The summed E-state index contributed by atoms with van der Waals surface area (Å²) in [4.78, 5) is 17.4. The van der Waals surface area contributed by atoms with Crippen molar-refractivity contribution in [3.05, 3.63) is 90.2 Å². The van der Waals surface area contributed by atoms with Crippen LogP contribution in [0.2, 0.25) is 10.0 Å². The Bertz CT molecular complexity index is 1280. The molecule has 0 unspecified atom stereocenters. The van der Waals surface area contributed by atoms with Crippen LogP contribution < -0.4 is 10.1 Å². The maximum atomic E-state index is 12.9. The minimum atomic E-state index is -0.298. The van der Waals surface area contributed by atoms with Crippen LogP contribution in [-0.2, 0) is 0 Å². The average Bonchev–Trinajstić information content (AvgIpc) is 3.16. The van der Waals surface area contributed by atoms with Gasteiger partial charge < -0.3 is 0 Å². The van der Waals surface area contributed by atoms with E-state index in [1.807, 2.05) is 0 Å². The van der Waals surface area contributed by atoms with Crippen molar-refractivity contribution >= 4 is 57.7 Å². The number of hydrogen-bond acceptors (Lipinski definition) is 4. The third-order valence-electron chi connectivity index (χ3n) is 3.74. The van der Waals surface area contributed by atoms with Crippen molar-refractivity contribution in [3.63, 3.8) is 0 Å². The molecule has 4 rings (SSSR count). The number of nitrogens with zero attached hydrogens (tertiary/aromatic N) is 3. The predicted octanol–water partition coefficient (Wildman–Crippen LogP) is 4.32. The maximum Gasteiger partial charge on any atom is 0.291 e. The van der Waals surface area contributed by atoms with Crippen molar-refractivity contribution in [2.75, 3.05) is 0 Å². The summed E-state index contributed by atoms with van der Waals surface area (Å²) in [5.74, 6) is 0.104. The van der Waals surface area contributed by atoms with E-state index in [1.54, 1.807) is 48.6 Å². The van der Waals surface area contributed by atoms with Crippen molar-refractivity contribution in [1.82, 2.24) is 14.6 Å². The molecule has 0 bridgehead atoms. The van der Waals surface area contributed by atoms with E-state index in [0.717, 1.165) is 5.56 Å². The maximum absolute atomic E-state index is 12.9. The third-order valence-corrected chi connectivity index (χ3v) is 5.26. The highest BCUT2D eigenvalue weighted by atomic mass is 35.5. The summed E-state index contributed by atoms with van der Waals surface area (Å²) < 4.78 is 14.7. The molecule has 0 amide bonds. The Labute approximate surface area is 166 Å². The number of fused-ring (bicyclic) bond motifs is 1. The van der Waals surface area contributed by atoms with E-state index in [2.05, 4.69) is 10.1 Å². The molecule has 4 nitrogen and oxygen atoms in total. The van der Waals surface area contributed by atoms with Crippen LogP contribution in [0.1, 0.15) is 17.0 Å². The lowest BCUT2D eigenvalue weighted by Gasteiger charge is -1.97. The SMILES string of the molecule is O=c1/c(=C\c2ccc(Cl)cc2Cl)sc2nc(/C=C/c3ccc(F)cc3)nn12. The zero-order valence-electron chi connectivity index (χ0n) is 13.6. The van der Waals surface area contributed by atoms with E-state index in [1.165, 1.54) is 28.0 Å². The van der Waals surface area contributed by atoms with Crippen LogP contribution in [0.5, 0.6) is 0 Å². The van der Waals surface area contributed by atoms with Crippen LogP contribution >= 0.6 is 34.5 Å². The topological polar surface area (TPSA) is 47.3 Å². The quantitative estimate of drug-likeness (QED) is 0.498. The molecule has 27 heavy (non-hydrogen) atoms. The molecule has 0 aliphatic rings. The summed E-state index contributed by atoms with van der Waals surface area (Å²) in [6.45, 7) is 0. The van der Waals surface area contributed by atoms with E-state index in [-0.39, 0.29) is 11.4 Å². The summed E-state index contributed by atoms with van der Waals surface area (Å²) in [5.41, 5.74) is 1.23. The molecule has 0 fully saturated rings. The summed E-state index contributed by atoms with van der Waals surface area (Å²) in [5, 5.41) is 5.20. The monoisotopic (exact) mass is 417 g/mol. The molecule has 0 N–H and O–H groups in total. The molecule has 2 heterocycles. The predicted molar refractivity (Wildman–Crippen MR) is 108 cm³/mol. The van der Waals surface area contributed by atoms with E-state index in [9.17, 15) is 9.18 Å². The fraction of sp³-hybridized carbons (Fsp3) is 0. The molecule has 0 saturated heterocycles. The second-order valence-corrected chi connectivity index (χ2v) is 7.48. The Morgan fingerprint density at radius 2 is 1.85 bits per heavy atom. The molecule has 134 valence electrons. The summed E-state index contributed by atoms with van der Waals surface area (Å²) in [6.07, 6.45) is 5.12. The van der Waals surface area contributed by atoms with Gasteiger partial charge in [0, 0.05) is 10.0 Å². The highest BCUT2D eigenvalue weighted by Gasteiger charge is 2.09. The van der Waals surface area contributed by atoms with Crippen molar-refractivity contribution in [2.45, 2.75) is 0 Å². The van der Waals surface area contributed by atoms with Gasteiger partial charge >= 0.3 is 0 Å². The number of thiazole rings is 1. The van der Waals surface area contributed by atoms with Gasteiger partial charge in [0.2, 0.25) is 4.96 Å². The first-order valence-corrected chi connectivity index (χ1v) is 9.37. The number of aromatic nitrogens is 3. The van der Waals surface area contributed by atoms with E-state index < -0.39 is 0 Å². The molecular formula is C19H10Cl2FN3OS. The first kappa shape index (κ1) is 17.9. The molecular weight excluding hydrogens is 408 g/mol. The second-order valence-electron chi connectivity index (χ2n) is 5.63. The standard InChI is InChI=1S/C19H10Cl2FN3OS/c20-13-5-4-12(15(21)10-13)9-16-18(26)25-19(27-16)23-17(24-25)8-3-11-1-6-14(22)7-2-11/h1-10H/b8-3+,16-9+. The number of hydrogen-bond donors (Lipinski definition) is 0. The number of rotatable bonds is 3. The fourth-order valence-corrected chi connectivity index (χ4v) is 3.79. The van der Waals surface area contributed by atoms with Gasteiger partial charge in [-0.1, -0.05) is 58.8 Å². The molecule has 0 spiro atoms. The lowest BCUT2D eigenvalue weighted by molar-refractivity contribution is 0.628. The normalized spacial score (nSPS) is 12.5. The fourth-order valence-electron chi connectivity index (χ4n) is 2.42. The smallest absolute Gasteiger partial charge is 0.266 e. The summed E-state index contributed by atoms with van der Waals surface area (Å²) in [6, 6.07) is 11.1. The summed E-state index contributed by atoms with van der Waals surface area (Å²) in [7, 11) is 0. The highest BCUT2D eigenvalue weighted by Crippen LogP contribution is 2.21. The van der Waals surface area contributed by atoms with Crippen LogP contribution in [0, 0.1) is 5.82 Å². The largest absolute Gasteiger partial charge is 0.291 e. The zero-order valence-corrected chi connectivity index (χ0v) is 15.9. The van der Waals surface area contributed by atoms with Crippen molar-refractivity contribution in [2.24, 2.45) is 0 Å². The Kier molecular flexibility index (Phi) is 4.78. The molecule has 0 saturated carbocycles. The Hall–Kier alpha value is -2.54. The zero-order chi connectivity index (χ0) is 19.0. The molecule has 0 radical (unpaired) electrons. The molecule has 0 aliphatic carbocycles. The molecule has 4 aromatic rings. The van der Waals surface area contributed by atoms with Gasteiger partial charge in [-0.25, -0.2) is 4.39 Å². The minimum Gasteiger partial charge on any atom is -0.266 e. The van der Waals surface area contributed by atoms with Crippen molar-refractivity contribution in [3.8, 4) is 0 Å². The Morgan fingerprint density at radius 3 is 2.56 bits per heavy atom. The van der Waals surface area contributed by atoms with Gasteiger partial charge in [0.1, 0.15) is 5.82 Å². The second kappa shape index (κ2) is 7.23. The van der Waals surface area contributed by atoms with Crippen LogP contribution in [0.15, 0.2) is 47.3 Å². The van der Waals surface area contributed by atoms with Crippen LogP contribution in [-0.4, -0.2) is 14.6 Å². The summed E-state index contributed by atoms with van der Waals surface area (Å²) >= 11 is 13.3. The van der Waals surface area contributed by atoms with Crippen molar-refractivity contribution < 1.29 is 4.39 Å². The van der Waals surface area contributed by atoms with Gasteiger partial charge in [-0.2, -0.15) is 9.50 Å². The molecule has 0 atom stereocenters. The number of benzene rings is 2. The van der Waals surface area contributed by atoms with Gasteiger partial charge in [-0.15, -0.1) is 5.10 Å². The van der Waals surface area contributed by atoms with Crippen LogP contribution in [0.25, 0.3) is 23.2 Å². The van der Waals surface area contributed by atoms with E-state index in [0.29, 0.717) is 30.9 Å². The van der Waals surface area contributed by atoms with Gasteiger partial charge in [0.25, 0.3) is 5.56 Å². The third kappa shape index (κ3) is 3.78. The number of halogens is 3. The van der Waals surface area contributed by atoms with Crippen LogP contribution in [0.4, 0.5) is 4.39 Å². The van der Waals surface area contributed by atoms with E-state index in [4.69, 9.17) is 23.2 Å². The van der Waals surface area contributed by atoms with Gasteiger partial charge in [0.05, 0.1) is 4.53 Å². The Morgan fingerprint density at radius 1 is 1.07 bits per heavy atom. The van der Waals surface area contributed by atoms with Crippen molar-refractivity contribution in [1.29, 1.82) is 0 Å². The lowest BCUT2D eigenvalue weighted by Crippen LogP contribution is -2.23. The lowest BCUT2D eigenvalue weighted by atomic mass is 10.2. The first-order chi connectivity index (χ1) is 13.0. The van der Waals surface area contributed by atoms with E-state index >= 15 is 0 Å². The van der Waals surface area contributed by atoms with Gasteiger partial charge in [-0.05, 0) is 47.5 Å². The Balaban J connectivity index is 1.68. The molecule has 8 heteroatoms.